The number of aryl methyl sites for hydroxylation is 1. The Morgan fingerprint density at radius 2 is 2.05 bits per heavy atom. The van der Waals surface area contributed by atoms with Crippen molar-refractivity contribution < 1.29 is 14.7 Å². The van der Waals surface area contributed by atoms with Gasteiger partial charge >= 0.3 is 5.97 Å². The van der Waals surface area contributed by atoms with E-state index in [-0.39, 0.29) is 5.91 Å². The summed E-state index contributed by atoms with van der Waals surface area (Å²) in [5, 5.41) is 11.5. The number of carboxylic acid groups (broad SMARTS) is 1. The molecule has 0 bridgehead atoms. The lowest BCUT2D eigenvalue weighted by Gasteiger charge is -2.15. The first-order valence-electron chi connectivity index (χ1n) is 6.61. The average Bonchev–Trinajstić information content (AvgIpc) is 2.74. The molecule has 0 aliphatic rings. The first-order valence-corrected chi connectivity index (χ1v) is 7.42. The minimum absolute atomic E-state index is 0.0967. The van der Waals surface area contributed by atoms with Gasteiger partial charge in [-0.25, -0.2) is 4.79 Å². The molecule has 20 heavy (non-hydrogen) atoms. The van der Waals surface area contributed by atoms with E-state index in [0.29, 0.717) is 23.3 Å². The third-order valence-corrected chi connectivity index (χ3v) is 4.48. The van der Waals surface area contributed by atoms with E-state index >= 15 is 0 Å². The molecule has 0 spiro atoms. The molecule has 1 aromatic heterocycles. The number of thiophene rings is 1. The molecule has 0 aliphatic heterocycles. The molecule has 0 saturated heterocycles. The van der Waals surface area contributed by atoms with Crippen LogP contribution in [0, 0.1) is 18.8 Å². The van der Waals surface area contributed by atoms with E-state index in [1.807, 2.05) is 6.92 Å². The Morgan fingerprint density at radius 1 is 1.40 bits per heavy atom. The molecule has 110 valence electrons. The summed E-state index contributed by atoms with van der Waals surface area (Å²) in [7, 11) is 0. The summed E-state index contributed by atoms with van der Waals surface area (Å²) in [6.07, 6.45) is 2.61. The van der Waals surface area contributed by atoms with Gasteiger partial charge in [0, 0.05) is 17.5 Å². The first-order chi connectivity index (χ1) is 9.31. The van der Waals surface area contributed by atoms with Crippen LogP contribution in [0.1, 0.15) is 40.9 Å². The highest BCUT2D eigenvalue weighted by Crippen LogP contribution is 2.23. The Bertz CT molecular complexity index is 517. The van der Waals surface area contributed by atoms with E-state index in [1.165, 1.54) is 17.4 Å². The van der Waals surface area contributed by atoms with Crippen LogP contribution in [0.15, 0.2) is 12.1 Å². The van der Waals surface area contributed by atoms with E-state index < -0.39 is 5.97 Å². The SMILES string of the molecule is Cc1cc(C(=O)NCC(C)C(C)C)sc1/C=C/C(=O)O. The molecular formula is C15H21NO3S. The van der Waals surface area contributed by atoms with Gasteiger partial charge in [-0.15, -0.1) is 11.3 Å². The Kier molecular flexibility index (Phi) is 5.95. The van der Waals surface area contributed by atoms with Crippen LogP contribution in [0.5, 0.6) is 0 Å². The molecule has 2 N–H and O–H groups in total. The quantitative estimate of drug-likeness (QED) is 0.792. The summed E-state index contributed by atoms with van der Waals surface area (Å²) in [5.74, 6) is -0.143. The van der Waals surface area contributed by atoms with Crippen molar-refractivity contribution in [3.05, 3.63) is 27.5 Å². The Morgan fingerprint density at radius 3 is 2.60 bits per heavy atom. The second-order valence-corrected chi connectivity index (χ2v) is 6.34. The van der Waals surface area contributed by atoms with Crippen molar-refractivity contribution >= 4 is 29.3 Å². The van der Waals surface area contributed by atoms with Crippen molar-refractivity contribution in [2.45, 2.75) is 27.7 Å². The summed E-state index contributed by atoms with van der Waals surface area (Å²) < 4.78 is 0. The molecule has 1 amide bonds. The summed E-state index contributed by atoms with van der Waals surface area (Å²) >= 11 is 1.31. The van der Waals surface area contributed by atoms with E-state index in [0.717, 1.165) is 16.5 Å². The normalized spacial score (nSPS) is 12.8. The van der Waals surface area contributed by atoms with Crippen molar-refractivity contribution in [1.29, 1.82) is 0 Å². The lowest BCUT2D eigenvalue weighted by molar-refractivity contribution is -0.131. The number of hydrogen-bond donors (Lipinski definition) is 2. The van der Waals surface area contributed by atoms with Crippen LogP contribution in [0.4, 0.5) is 0 Å². The fourth-order valence-corrected chi connectivity index (χ4v) is 2.49. The predicted molar refractivity (Wildman–Crippen MR) is 82.1 cm³/mol. The lowest BCUT2D eigenvalue weighted by Crippen LogP contribution is -2.29. The Balaban J connectivity index is 2.70. The van der Waals surface area contributed by atoms with Gasteiger partial charge in [0.15, 0.2) is 0 Å². The zero-order valence-corrected chi connectivity index (χ0v) is 13.1. The number of nitrogens with one attached hydrogen (secondary N) is 1. The zero-order chi connectivity index (χ0) is 15.3. The highest BCUT2D eigenvalue weighted by molar-refractivity contribution is 7.15. The van der Waals surface area contributed by atoms with Crippen LogP contribution in [-0.4, -0.2) is 23.5 Å². The second-order valence-electron chi connectivity index (χ2n) is 5.26. The highest BCUT2D eigenvalue weighted by Gasteiger charge is 2.13. The molecule has 5 heteroatoms. The molecule has 1 heterocycles. The molecule has 0 saturated carbocycles. The van der Waals surface area contributed by atoms with Gasteiger partial charge in [-0.1, -0.05) is 20.8 Å². The molecule has 0 radical (unpaired) electrons. The molecule has 4 nitrogen and oxygen atoms in total. The van der Waals surface area contributed by atoms with Crippen LogP contribution in [0.25, 0.3) is 6.08 Å². The minimum Gasteiger partial charge on any atom is -0.478 e. The Labute approximate surface area is 123 Å². The maximum absolute atomic E-state index is 12.0. The van der Waals surface area contributed by atoms with Gasteiger partial charge in [-0.3, -0.25) is 4.79 Å². The molecular weight excluding hydrogens is 274 g/mol. The van der Waals surface area contributed by atoms with Gasteiger partial charge in [-0.2, -0.15) is 0 Å². The number of carboxylic acids is 1. The summed E-state index contributed by atoms with van der Waals surface area (Å²) in [6, 6.07) is 1.79. The van der Waals surface area contributed by atoms with E-state index in [2.05, 4.69) is 26.1 Å². The third-order valence-electron chi connectivity index (χ3n) is 3.28. The van der Waals surface area contributed by atoms with E-state index in [1.54, 1.807) is 6.07 Å². The maximum Gasteiger partial charge on any atom is 0.328 e. The summed E-state index contributed by atoms with van der Waals surface area (Å²) in [4.78, 5) is 24.0. The molecule has 0 fully saturated rings. The summed E-state index contributed by atoms with van der Waals surface area (Å²) in [5.41, 5.74) is 0.912. The number of carbonyl (C=O) groups excluding carboxylic acids is 1. The number of carbonyl (C=O) groups is 2. The standard InChI is InChI=1S/C15H21NO3S/c1-9(2)11(4)8-16-15(19)13-7-10(3)12(20-13)5-6-14(17)18/h5-7,9,11H,8H2,1-4H3,(H,16,19)(H,17,18)/b6-5+. The fourth-order valence-electron chi connectivity index (χ4n) is 1.50. The highest BCUT2D eigenvalue weighted by atomic mass is 32.1. The fraction of sp³-hybridized carbons (Fsp3) is 0.467. The summed E-state index contributed by atoms with van der Waals surface area (Å²) in [6.45, 7) is 8.87. The lowest BCUT2D eigenvalue weighted by atomic mass is 9.98. The van der Waals surface area contributed by atoms with Crippen molar-refractivity contribution in [1.82, 2.24) is 5.32 Å². The van der Waals surface area contributed by atoms with Crippen molar-refractivity contribution in [2.75, 3.05) is 6.54 Å². The molecule has 1 rings (SSSR count). The van der Waals surface area contributed by atoms with Gasteiger partial charge < -0.3 is 10.4 Å². The van der Waals surface area contributed by atoms with Gasteiger partial charge in [-0.05, 0) is 36.5 Å². The molecule has 1 atom stereocenters. The molecule has 1 aromatic rings. The van der Waals surface area contributed by atoms with Crippen LogP contribution < -0.4 is 5.32 Å². The third kappa shape index (κ3) is 4.81. The molecule has 0 aromatic carbocycles. The van der Waals surface area contributed by atoms with E-state index in [4.69, 9.17) is 5.11 Å². The Hall–Kier alpha value is -1.62. The topological polar surface area (TPSA) is 66.4 Å². The van der Waals surface area contributed by atoms with Crippen LogP contribution in [0.2, 0.25) is 0 Å². The van der Waals surface area contributed by atoms with Crippen molar-refractivity contribution in [2.24, 2.45) is 11.8 Å². The number of hydrogen-bond acceptors (Lipinski definition) is 3. The molecule has 1 unspecified atom stereocenters. The monoisotopic (exact) mass is 295 g/mol. The van der Waals surface area contributed by atoms with Crippen LogP contribution >= 0.6 is 11.3 Å². The average molecular weight is 295 g/mol. The first kappa shape index (κ1) is 16.4. The number of rotatable bonds is 6. The van der Waals surface area contributed by atoms with E-state index in [9.17, 15) is 9.59 Å². The number of amides is 1. The largest absolute Gasteiger partial charge is 0.478 e. The van der Waals surface area contributed by atoms with Gasteiger partial charge in [0.1, 0.15) is 0 Å². The maximum atomic E-state index is 12.0. The minimum atomic E-state index is -0.991. The zero-order valence-electron chi connectivity index (χ0n) is 12.3. The van der Waals surface area contributed by atoms with Crippen molar-refractivity contribution in [3.8, 4) is 0 Å². The van der Waals surface area contributed by atoms with Crippen molar-refractivity contribution in [3.63, 3.8) is 0 Å². The van der Waals surface area contributed by atoms with Gasteiger partial charge in [0.05, 0.1) is 4.88 Å². The smallest absolute Gasteiger partial charge is 0.328 e. The molecule has 0 aliphatic carbocycles. The van der Waals surface area contributed by atoms with Crippen LogP contribution in [0.3, 0.4) is 0 Å². The second kappa shape index (κ2) is 7.24. The number of aliphatic carboxylic acids is 1. The van der Waals surface area contributed by atoms with Crippen LogP contribution in [-0.2, 0) is 4.79 Å². The predicted octanol–water partition coefficient (Wildman–Crippen LogP) is 3.18. The van der Waals surface area contributed by atoms with Gasteiger partial charge in [0.25, 0.3) is 5.91 Å². The van der Waals surface area contributed by atoms with Gasteiger partial charge in [0.2, 0.25) is 0 Å².